The second kappa shape index (κ2) is 6.58. The van der Waals surface area contributed by atoms with E-state index < -0.39 is 23.8 Å². The van der Waals surface area contributed by atoms with Crippen LogP contribution in [0.1, 0.15) is 18.6 Å². The van der Waals surface area contributed by atoms with Crippen LogP contribution in [-0.2, 0) is 19.1 Å². The SMILES string of the molecule is CCOC(=O)C(C(=O)OCC)C(=O)n1cccc1. The van der Waals surface area contributed by atoms with Crippen LogP contribution in [0.25, 0.3) is 0 Å². The minimum Gasteiger partial charge on any atom is -0.465 e. The molecule has 0 amide bonds. The molecule has 1 heterocycles. The fourth-order valence-corrected chi connectivity index (χ4v) is 1.38. The molecular formula is C12H15NO5. The van der Waals surface area contributed by atoms with Crippen LogP contribution in [0.2, 0.25) is 0 Å². The van der Waals surface area contributed by atoms with Crippen LogP contribution in [-0.4, -0.2) is 35.6 Å². The van der Waals surface area contributed by atoms with Gasteiger partial charge in [0.15, 0.2) is 0 Å². The summed E-state index contributed by atoms with van der Waals surface area (Å²) in [4.78, 5) is 35.3. The normalized spacial score (nSPS) is 10.2. The molecule has 0 aliphatic carbocycles. The van der Waals surface area contributed by atoms with Gasteiger partial charge in [-0.2, -0.15) is 0 Å². The number of rotatable bonds is 5. The first-order valence-electron chi connectivity index (χ1n) is 5.62. The molecule has 0 saturated carbocycles. The molecule has 0 N–H and O–H groups in total. The smallest absolute Gasteiger partial charge is 0.330 e. The molecule has 0 aliphatic rings. The summed E-state index contributed by atoms with van der Waals surface area (Å²) >= 11 is 0. The maximum atomic E-state index is 12.0. The van der Waals surface area contributed by atoms with E-state index in [-0.39, 0.29) is 13.2 Å². The monoisotopic (exact) mass is 253 g/mol. The maximum absolute atomic E-state index is 12.0. The highest BCUT2D eigenvalue weighted by Crippen LogP contribution is 2.08. The van der Waals surface area contributed by atoms with E-state index in [1.807, 2.05) is 0 Å². The van der Waals surface area contributed by atoms with Crippen molar-refractivity contribution in [3.63, 3.8) is 0 Å². The zero-order valence-electron chi connectivity index (χ0n) is 10.3. The van der Waals surface area contributed by atoms with Gasteiger partial charge in [0.1, 0.15) is 0 Å². The second-order valence-electron chi connectivity index (χ2n) is 3.37. The van der Waals surface area contributed by atoms with Crippen molar-refractivity contribution in [3.05, 3.63) is 24.5 Å². The van der Waals surface area contributed by atoms with Gasteiger partial charge in [-0.15, -0.1) is 0 Å². The Labute approximate surface area is 104 Å². The molecule has 6 nitrogen and oxygen atoms in total. The Hall–Kier alpha value is -2.11. The molecule has 0 aliphatic heterocycles. The van der Waals surface area contributed by atoms with Crippen LogP contribution in [0.15, 0.2) is 24.5 Å². The summed E-state index contributed by atoms with van der Waals surface area (Å²) in [6.45, 7) is 3.38. The highest BCUT2D eigenvalue weighted by Gasteiger charge is 2.37. The highest BCUT2D eigenvalue weighted by atomic mass is 16.6. The summed E-state index contributed by atoms with van der Waals surface area (Å²) in [6.07, 6.45) is 2.90. The number of carbonyl (C=O) groups is 3. The van der Waals surface area contributed by atoms with E-state index in [0.29, 0.717) is 0 Å². The number of hydrogen-bond donors (Lipinski definition) is 0. The van der Waals surface area contributed by atoms with Gasteiger partial charge in [-0.1, -0.05) is 0 Å². The van der Waals surface area contributed by atoms with E-state index in [1.54, 1.807) is 26.0 Å². The Kier molecular flexibility index (Phi) is 5.10. The van der Waals surface area contributed by atoms with Gasteiger partial charge in [0.25, 0.3) is 5.91 Å². The molecule has 1 rings (SSSR count). The third-order valence-electron chi connectivity index (χ3n) is 2.15. The average molecular weight is 253 g/mol. The van der Waals surface area contributed by atoms with E-state index in [0.717, 1.165) is 4.57 Å². The summed E-state index contributed by atoms with van der Waals surface area (Å²) in [5.41, 5.74) is 0. The van der Waals surface area contributed by atoms with Gasteiger partial charge in [-0.25, -0.2) is 0 Å². The minimum absolute atomic E-state index is 0.0910. The minimum atomic E-state index is -1.57. The number of aromatic nitrogens is 1. The Morgan fingerprint density at radius 1 is 1.00 bits per heavy atom. The van der Waals surface area contributed by atoms with Gasteiger partial charge in [-0.3, -0.25) is 19.0 Å². The molecule has 0 saturated heterocycles. The molecule has 1 aromatic rings. The number of carbonyl (C=O) groups excluding carboxylic acids is 3. The van der Waals surface area contributed by atoms with E-state index >= 15 is 0 Å². The third-order valence-corrected chi connectivity index (χ3v) is 2.15. The third kappa shape index (κ3) is 3.19. The largest absolute Gasteiger partial charge is 0.465 e. The molecule has 0 radical (unpaired) electrons. The van der Waals surface area contributed by atoms with E-state index in [1.165, 1.54) is 12.4 Å². The van der Waals surface area contributed by atoms with Crippen molar-refractivity contribution < 1.29 is 23.9 Å². The van der Waals surface area contributed by atoms with Gasteiger partial charge >= 0.3 is 11.9 Å². The second-order valence-corrected chi connectivity index (χ2v) is 3.37. The van der Waals surface area contributed by atoms with Gasteiger partial charge in [-0.05, 0) is 26.0 Å². The topological polar surface area (TPSA) is 74.6 Å². The van der Waals surface area contributed by atoms with Crippen LogP contribution in [0.4, 0.5) is 0 Å². The van der Waals surface area contributed by atoms with Crippen LogP contribution >= 0.6 is 0 Å². The lowest BCUT2D eigenvalue weighted by molar-refractivity contribution is -0.158. The molecule has 6 heteroatoms. The number of nitrogens with zero attached hydrogens (tertiary/aromatic N) is 1. The van der Waals surface area contributed by atoms with Crippen LogP contribution in [0, 0.1) is 5.92 Å². The molecule has 0 unspecified atom stereocenters. The maximum Gasteiger partial charge on any atom is 0.330 e. The first kappa shape index (κ1) is 14.0. The number of esters is 2. The van der Waals surface area contributed by atoms with Crippen molar-refractivity contribution in [2.24, 2.45) is 5.92 Å². The van der Waals surface area contributed by atoms with Crippen LogP contribution < -0.4 is 0 Å². The summed E-state index contributed by atoms with van der Waals surface area (Å²) in [5.74, 6) is -4.04. The molecule has 0 atom stereocenters. The van der Waals surface area contributed by atoms with E-state index in [9.17, 15) is 14.4 Å². The van der Waals surface area contributed by atoms with Crippen molar-refractivity contribution in [1.82, 2.24) is 4.57 Å². The first-order chi connectivity index (χ1) is 8.61. The van der Waals surface area contributed by atoms with Gasteiger partial charge in [0, 0.05) is 12.4 Å². The Morgan fingerprint density at radius 2 is 1.44 bits per heavy atom. The van der Waals surface area contributed by atoms with E-state index in [2.05, 4.69) is 0 Å². The zero-order valence-corrected chi connectivity index (χ0v) is 10.3. The van der Waals surface area contributed by atoms with Crippen LogP contribution in [0.5, 0.6) is 0 Å². The van der Waals surface area contributed by atoms with Crippen molar-refractivity contribution in [3.8, 4) is 0 Å². The predicted octanol–water partition coefficient (Wildman–Crippen LogP) is 0.871. The van der Waals surface area contributed by atoms with Gasteiger partial charge in [0.2, 0.25) is 5.92 Å². The lowest BCUT2D eigenvalue weighted by atomic mass is 10.1. The summed E-state index contributed by atoms with van der Waals surface area (Å²) in [6, 6.07) is 3.23. The zero-order chi connectivity index (χ0) is 13.5. The first-order valence-corrected chi connectivity index (χ1v) is 5.62. The molecule has 0 bridgehead atoms. The van der Waals surface area contributed by atoms with Crippen molar-refractivity contribution in [2.45, 2.75) is 13.8 Å². The summed E-state index contributed by atoms with van der Waals surface area (Å²) in [5, 5.41) is 0. The lowest BCUT2D eigenvalue weighted by Crippen LogP contribution is -2.37. The van der Waals surface area contributed by atoms with Crippen molar-refractivity contribution in [1.29, 1.82) is 0 Å². The molecule has 1 aromatic heterocycles. The quantitative estimate of drug-likeness (QED) is 0.575. The fraction of sp³-hybridized carbons (Fsp3) is 0.417. The lowest BCUT2D eigenvalue weighted by Gasteiger charge is -2.13. The molecule has 0 fully saturated rings. The van der Waals surface area contributed by atoms with Gasteiger partial charge in [0.05, 0.1) is 13.2 Å². The Morgan fingerprint density at radius 3 is 1.83 bits per heavy atom. The summed E-state index contributed by atoms with van der Waals surface area (Å²) < 4.78 is 10.6. The van der Waals surface area contributed by atoms with E-state index in [4.69, 9.17) is 9.47 Å². The molecule has 98 valence electrons. The van der Waals surface area contributed by atoms with Crippen molar-refractivity contribution >= 4 is 17.8 Å². The number of ether oxygens (including phenoxy) is 2. The van der Waals surface area contributed by atoms with Crippen molar-refractivity contribution in [2.75, 3.05) is 13.2 Å². The standard InChI is InChI=1S/C12H15NO5/c1-3-17-11(15)9(12(16)18-4-2)10(14)13-7-5-6-8-13/h5-9H,3-4H2,1-2H3. The summed E-state index contributed by atoms with van der Waals surface area (Å²) in [7, 11) is 0. The molecule has 0 aromatic carbocycles. The Balaban J connectivity index is 2.93. The fourth-order valence-electron chi connectivity index (χ4n) is 1.38. The van der Waals surface area contributed by atoms with Crippen LogP contribution in [0.3, 0.4) is 0 Å². The molecule has 18 heavy (non-hydrogen) atoms. The number of hydrogen-bond acceptors (Lipinski definition) is 5. The Bertz CT molecular complexity index is 406. The molecular weight excluding hydrogens is 238 g/mol. The average Bonchev–Trinajstić information content (AvgIpc) is 2.83. The van der Waals surface area contributed by atoms with Gasteiger partial charge < -0.3 is 9.47 Å². The highest BCUT2D eigenvalue weighted by molar-refractivity contribution is 6.14. The predicted molar refractivity (Wildman–Crippen MR) is 61.8 cm³/mol. The molecule has 0 spiro atoms.